The van der Waals surface area contributed by atoms with Crippen LogP contribution in [0.4, 0.5) is 4.79 Å². The minimum atomic E-state index is -0.720. The van der Waals surface area contributed by atoms with E-state index < -0.39 is 11.8 Å². The van der Waals surface area contributed by atoms with Crippen molar-refractivity contribution in [3.05, 3.63) is 89.8 Å². The van der Waals surface area contributed by atoms with Crippen LogP contribution >= 0.6 is 0 Å². The SMILES string of the molecule is CCCc1nc2c(C)cc(-c3coc(C)n3)cc2n1Cc1ccc(-c2ccccc2OC(=O)OC(C)(C)C)cc1. The van der Waals surface area contributed by atoms with Crippen LogP contribution in [-0.4, -0.2) is 26.3 Å². The lowest BCUT2D eigenvalue weighted by molar-refractivity contribution is 0.0207. The van der Waals surface area contributed by atoms with Crippen molar-refractivity contribution in [1.82, 2.24) is 14.5 Å². The fraction of sp³-hybridized carbons (Fsp3) is 0.303. The predicted octanol–water partition coefficient (Wildman–Crippen LogP) is 8.29. The summed E-state index contributed by atoms with van der Waals surface area (Å²) in [5.74, 6) is 2.17. The number of oxazole rings is 1. The van der Waals surface area contributed by atoms with Gasteiger partial charge in [-0.2, -0.15) is 0 Å². The Kier molecular flexibility index (Phi) is 7.48. The third kappa shape index (κ3) is 5.93. The number of imidazole rings is 1. The van der Waals surface area contributed by atoms with Gasteiger partial charge < -0.3 is 18.5 Å². The zero-order valence-corrected chi connectivity index (χ0v) is 23.9. The monoisotopic (exact) mass is 537 g/mol. The zero-order chi connectivity index (χ0) is 28.4. The summed E-state index contributed by atoms with van der Waals surface area (Å²) in [4.78, 5) is 21.9. The van der Waals surface area contributed by atoms with E-state index in [2.05, 4.69) is 59.8 Å². The molecule has 40 heavy (non-hydrogen) atoms. The molecule has 0 saturated heterocycles. The van der Waals surface area contributed by atoms with E-state index in [9.17, 15) is 4.79 Å². The highest BCUT2D eigenvalue weighted by atomic mass is 16.7. The van der Waals surface area contributed by atoms with Gasteiger partial charge in [-0.15, -0.1) is 0 Å². The van der Waals surface area contributed by atoms with Crippen LogP contribution in [0.15, 0.2) is 71.3 Å². The molecule has 0 bridgehead atoms. The molecule has 0 N–H and O–H groups in total. The van der Waals surface area contributed by atoms with Crippen molar-refractivity contribution in [3.8, 4) is 28.1 Å². The Morgan fingerprint density at radius 1 is 0.975 bits per heavy atom. The van der Waals surface area contributed by atoms with E-state index in [0.717, 1.165) is 63.2 Å². The minimum Gasteiger partial charge on any atom is -0.449 e. The number of aromatic nitrogens is 3. The number of carbonyl (C=O) groups excluding carboxylic acids is 1. The molecule has 0 amide bonds. The molecule has 7 heteroatoms. The lowest BCUT2D eigenvalue weighted by Crippen LogP contribution is -2.26. The van der Waals surface area contributed by atoms with Crippen molar-refractivity contribution in [1.29, 1.82) is 0 Å². The van der Waals surface area contributed by atoms with E-state index in [1.165, 1.54) is 0 Å². The van der Waals surface area contributed by atoms with Gasteiger partial charge in [0.15, 0.2) is 5.89 Å². The Morgan fingerprint density at radius 2 is 1.73 bits per heavy atom. The molecule has 0 unspecified atom stereocenters. The summed E-state index contributed by atoms with van der Waals surface area (Å²) in [6.07, 6.45) is 2.88. The lowest BCUT2D eigenvalue weighted by atomic mass is 10.0. The van der Waals surface area contributed by atoms with Crippen LogP contribution in [-0.2, 0) is 17.7 Å². The van der Waals surface area contributed by atoms with Gasteiger partial charge >= 0.3 is 6.16 Å². The highest BCUT2D eigenvalue weighted by molar-refractivity contribution is 5.85. The van der Waals surface area contributed by atoms with E-state index in [1.807, 2.05) is 45.9 Å². The van der Waals surface area contributed by atoms with Gasteiger partial charge in [0.25, 0.3) is 0 Å². The summed E-state index contributed by atoms with van der Waals surface area (Å²) in [6.45, 7) is 12.2. The van der Waals surface area contributed by atoms with Crippen molar-refractivity contribution in [2.24, 2.45) is 0 Å². The summed E-state index contributed by atoms with van der Waals surface area (Å²) < 4.78 is 18.7. The molecule has 0 fully saturated rings. The number of nitrogens with zero attached hydrogens (tertiary/aromatic N) is 3. The summed E-state index contributed by atoms with van der Waals surface area (Å²) in [5, 5.41) is 0. The first kappa shape index (κ1) is 27.2. The van der Waals surface area contributed by atoms with Gasteiger partial charge in [0.2, 0.25) is 0 Å². The number of benzene rings is 3. The normalized spacial score (nSPS) is 11.7. The largest absolute Gasteiger partial charge is 0.514 e. The molecule has 206 valence electrons. The summed E-state index contributed by atoms with van der Waals surface area (Å²) in [6, 6.07) is 20.1. The van der Waals surface area contributed by atoms with Crippen LogP contribution in [0.1, 0.15) is 57.0 Å². The second kappa shape index (κ2) is 11.0. The quantitative estimate of drug-likeness (QED) is 0.153. The first-order chi connectivity index (χ1) is 19.1. The van der Waals surface area contributed by atoms with Crippen LogP contribution < -0.4 is 4.74 Å². The second-order valence-corrected chi connectivity index (χ2v) is 11.0. The summed E-state index contributed by atoms with van der Waals surface area (Å²) in [7, 11) is 0. The van der Waals surface area contributed by atoms with Crippen LogP contribution in [0.2, 0.25) is 0 Å². The highest BCUT2D eigenvalue weighted by Crippen LogP contribution is 2.32. The third-order valence-corrected chi connectivity index (χ3v) is 6.59. The molecule has 0 aliphatic heterocycles. The molecule has 2 aromatic heterocycles. The smallest absolute Gasteiger partial charge is 0.449 e. The Morgan fingerprint density at radius 3 is 2.40 bits per heavy atom. The maximum Gasteiger partial charge on any atom is 0.514 e. The molecular weight excluding hydrogens is 502 g/mol. The average Bonchev–Trinajstić information content (AvgIpc) is 3.48. The molecule has 0 saturated carbocycles. The fourth-order valence-corrected chi connectivity index (χ4v) is 4.80. The number of fused-ring (bicyclic) bond motifs is 1. The van der Waals surface area contributed by atoms with Crippen LogP contribution in [0.5, 0.6) is 5.75 Å². The molecule has 5 aromatic rings. The van der Waals surface area contributed by atoms with Crippen molar-refractivity contribution in [3.63, 3.8) is 0 Å². The third-order valence-electron chi connectivity index (χ3n) is 6.59. The van der Waals surface area contributed by atoms with E-state index in [4.69, 9.17) is 18.9 Å². The Labute approximate surface area is 234 Å². The van der Waals surface area contributed by atoms with Gasteiger partial charge in [0.1, 0.15) is 29.1 Å². The highest BCUT2D eigenvalue weighted by Gasteiger charge is 2.20. The minimum absolute atomic E-state index is 0.460. The Bertz CT molecular complexity index is 1660. The zero-order valence-electron chi connectivity index (χ0n) is 23.9. The average molecular weight is 538 g/mol. The maximum absolute atomic E-state index is 12.3. The van der Waals surface area contributed by atoms with Gasteiger partial charge in [0.05, 0.1) is 11.0 Å². The number of aryl methyl sites for hydroxylation is 3. The molecule has 0 aliphatic rings. The van der Waals surface area contributed by atoms with Crippen LogP contribution in [0.3, 0.4) is 0 Å². The number of para-hydroxylation sites is 1. The van der Waals surface area contributed by atoms with Crippen LogP contribution in [0, 0.1) is 13.8 Å². The van der Waals surface area contributed by atoms with Crippen LogP contribution in [0.25, 0.3) is 33.4 Å². The Hall–Kier alpha value is -4.39. The van der Waals surface area contributed by atoms with Gasteiger partial charge in [-0.25, -0.2) is 14.8 Å². The fourth-order valence-electron chi connectivity index (χ4n) is 4.80. The predicted molar refractivity (Wildman–Crippen MR) is 157 cm³/mol. The second-order valence-electron chi connectivity index (χ2n) is 11.0. The Balaban J connectivity index is 1.46. The first-order valence-corrected chi connectivity index (χ1v) is 13.6. The topological polar surface area (TPSA) is 79.4 Å². The number of ether oxygens (including phenoxy) is 2. The lowest BCUT2D eigenvalue weighted by Gasteiger charge is -2.19. The summed E-state index contributed by atoms with van der Waals surface area (Å²) in [5.41, 5.74) is 7.33. The molecule has 0 spiro atoms. The van der Waals surface area contributed by atoms with E-state index in [0.29, 0.717) is 18.2 Å². The van der Waals surface area contributed by atoms with Crippen molar-refractivity contribution < 1.29 is 18.7 Å². The molecule has 0 aliphatic carbocycles. The van der Waals surface area contributed by atoms with Crippen molar-refractivity contribution in [2.75, 3.05) is 0 Å². The molecule has 7 nitrogen and oxygen atoms in total. The number of rotatable bonds is 7. The first-order valence-electron chi connectivity index (χ1n) is 13.6. The molecule has 0 atom stereocenters. The molecule has 2 heterocycles. The van der Waals surface area contributed by atoms with E-state index >= 15 is 0 Å². The van der Waals surface area contributed by atoms with Gasteiger partial charge in [-0.1, -0.05) is 49.4 Å². The molecule has 5 rings (SSSR count). The maximum atomic E-state index is 12.3. The van der Waals surface area contributed by atoms with Gasteiger partial charge in [0, 0.05) is 31.0 Å². The van der Waals surface area contributed by atoms with E-state index in [-0.39, 0.29) is 0 Å². The molecule has 3 aromatic carbocycles. The van der Waals surface area contributed by atoms with Gasteiger partial charge in [-0.05, 0) is 69.0 Å². The van der Waals surface area contributed by atoms with Gasteiger partial charge in [-0.3, -0.25) is 0 Å². The van der Waals surface area contributed by atoms with E-state index in [1.54, 1.807) is 12.3 Å². The number of hydrogen-bond acceptors (Lipinski definition) is 6. The number of carbonyl (C=O) groups is 1. The summed E-state index contributed by atoms with van der Waals surface area (Å²) >= 11 is 0. The molecular formula is C33H35N3O4. The standard InChI is InChI=1S/C33H35N3O4/c1-7-10-30-35-31-21(2)17-25(27-20-38-22(3)34-27)18-28(31)36(30)19-23-13-15-24(16-14-23)26-11-8-9-12-29(26)39-32(37)40-33(4,5)6/h8-9,11-18,20H,7,10,19H2,1-6H3. The molecule has 0 radical (unpaired) electrons. The van der Waals surface area contributed by atoms with Crippen molar-refractivity contribution in [2.45, 2.75) is 66.5 Å². The number of hydrogen-bond donors (Lipinski definition) is 0. The van der Waals surface area contributed by atoms with Crippen molar-refractivity contribution >= 4 is 17.2 Å².